The molecule has 0 aromatic heterocycles. The highest BCUT2D eigenvalue weighted by Gasteiger charge is 2.17. The van der Waals surface area contributed by atoms with Crippen molar-refractivity contribution in [2.75, 3.05) is 7.05 Å². The number of aryl methyl sites for hydroxylation is 2. The fraction of sp³-hybridized carbons (Fsp3) is 0.294. The molecule has 1 nitrogen and oxygen atoms in total. The van der Waals surface area contributed by atoms with E-state index in [0.717, 1.165) is 22.3 Å². The van der Waals surface area contributed by atoms with Crippen molar-refractivity contribution in [3.05, 3.63) is 69.5 Å². The van der Waals surface area contributed by atoms with Crippen LogP contribution < -0.4 is 5.32 Å². The van der Waals surface area contributed by atoms with E-state index in [1.165, 1.54) is 0 Å². The number of hydrogen-bond donors (Lipinski definition) is 1. The molecule has 0 saturated heterocycles. The Balaban J connectivity index is 2.34. The van der Waals surface area contributed by atoms with E-state index >= 15 is 0 Å². The fourth-order valence-corrected chi connectivity index (χ4v) is 2.83. The van der Waals surface area contributed by atoms with E-state index in [-0.39, 0.29) is 11.9 Å². The zero-order valence-corrected chi connectivity index (χ0v) is 12.8. The summed E-state index contributed by atoms with van der Waals surface area (Å²) in [7, 11) is 1.86. The van der Waals surface area contributed by atoms with Crippen molar-refractivity contribution in [3.8, 4) is 0 Å². The highest BCUT2D eigenvalue weighted by atomic mass is 35.5. The van der Waals surface area contributed by atoms with Gasteiger partial charge in [0.05, 0.1) is 0 Å². The number of halogens is 2. The third-order valence-electron chi connectivity index (χ3n) is 3.51. The number of likely N-dealkylation sites (N-methyl/N-ethyl adjacent to an activating group) is 1. The summed E-state index contributed by atoms with van der Waals surface area (Å²) in [6.45, 7) is 3.86. The molecule has 2 rings (SSSR count). The third-order valence-corrected chi connectivity index (χ3v) is 3.74. The largest absolute Gasteiger partial charge is 0.313 e. The molecular formula is C17H19ClFN. The summed E-state index contributed by atoms with van der Waals surface area (Å²) in [6.07, 6.45) is 0.706. The van der Waals surface area contributed by atoms with E-state index in [1.54, 1.807) is 6.07 Å². The van der Waals surface area contributed by atoms with Gasteiger partial charge in [0.25, 0.3) is 0 Å². The highest BCUT2D eigenvalue weighted by Crippen LogP contribution is 2.26. The second kappa shape index (κ2) is 6.38. The molecule has 2 aromatic rings. The number of rotatable bonds is 4. The molecule has 0 aliphatic rings. The van der Waals surface area contributed by atoms with E-state index in [0.29, 0.717) is 11.4 Å². The van der Waals surface area contributed by atoms with E-state index in [9.17, 15) is 4.39 Å². The van der Waals surface area contributed by atoms with Crippen LogP contribution in [0.1, 0.15) is 28.3 Å². The molecule has 0 aliphatic heterocycles. The van der Waals surface area contributed by atoms with Crippen LogP contribution in [0.4, 0.5) is 4.39 Å². The van der Waals surface area contributed by atoms with Crippen molar-refractivity contribution in [2.45, 2.75) is 26.3 Å². The van der Waals surface area contributed by atoms with Crippen LogP contribution in [0.25, 0.3) is 0 Å². The Hall–Kier alpha value is -1.38. The predicted octanol–water partition coefficient (Wildman–Crippen LogP) is 4.60. The van der Waals surface area contributed by atoms with Gasteiger partial charge in [0.1, 0.15) is 5.82 Å². The quantitative estimate of drug-likeness (QED) is 0.868. The first-order chi connectivity index (χ1) is 9.51. The van der Waals surface area contributed by atoms with Crippen molar-refractivity contribution in [2.24, 2.45) is 0 Å². The lowest BCUT2D eigenvalue weighted by Crippen LogP contribution is -2.21. The van der Waals surface area contributed by atoms with Crippen molar-refractivity contribution < 1.29 is 4.39 Å². The Kier molecular flexibility index (Phi) is 4.79. The second-order valence-electron chi connectivity index (χ2n) is 5.15. The van der Waals surface area contributed by atoms with E-state index in [2.05, 4.69) is 5.32 Å². The van der Waals surface area contributed by atoms with Crippen LogP contribution in [-0.4, -0.2) is 7.05 Å². The summed E-state index contributed by atoms with van der Waals surface area (Å²) in [5, 5.41) is 3.91. The molecule has 2 aromatic carbocycles. The lowest BCUT2D eigenvalue weighted by atomic mass is 9.94. The molecule has 0 radical (unpaired) electrons. The molecule has 1 unspecified atom stereocenters. The maximum Gasteiger partial charge on any atom is 0.128 e. The number of hydrogen-bond acceptors (Lipinski definition) is 1. The van der Waals surface area contributed by atoms with Crippen LogP contribution in [0.15, 0.2) is 36.4 Å². The van der Waals surface area contributed by atoms with Crippen LogP contribution >= 0.6 is 11.6 Å². The summed E-state index contributed by atoms with van der Waals surface area (Å²) in [5.74, 6) is -0.149. The zero-order chi connectivity index (χ0) is 14.7. The monoisotopic (exact) mass is 291 g/mol. The van der Waals surface area contributed by atoms with Gasteiger partial charge in [-0.15, -0.1) is 0 Å². The first-order valence-corrected chi connectivity index (χ1v) is 7.07. The molecule has 0 aliphatic carbocycles. The van der Waals surface area contributed by atoms with Crippen molar-refractivity contribution in [1.29, 1.82) is 0 Å². The normalized spacial score (nSPS) is 12.4. The zero-order valence-electron chi connectivity index (χ0n) is 12.0. The van der Waals surface area contributed by atoms with Crippen molar-refractivity contribution in [3.63, 3.8) is 0 Å². The summed E-state index contributed by atoms with van der Waals surface area (Å²) in [6, 6.07) is 11.2. The molecular weight excluding hydrogens is 273 g/mol. The van der Waals surface area contributed by atoms with Crippen LogP contribution in [0.2, 0.25) is 5.02 Å². The molecule has 0 amide bonds. The van der Waals surface area contributed by atoms with Gasteiger partial charge in [-0.3, -0.25) is 0 Å². The van der Waals surface area contributed by atoms with E-state index < -0.39 is 0 Å². The summed E-state index contributed by atoms with van der Waals surface area (Å²) in [5.41, 5.74) is 3.75. The summed E-state index contributed by atoms with van der Waals surface area (Å²) >= 11 is 6.01. The Labute approximate surface area is 124 Å². The van der Waals surface area contributed by atoms with Gasteiger partial charge in [-0.25, -0.2) is 4.39 Å². The Morgan fingerprint density at radius 2 is 1.95 bits per heavy atom. The standard InChI is InChI=1S/C17H19ClFN/c1-11-7-12(2)17(15(19)8-11)16(20-3)10-13-5-4-6-14(18)9-13/h4-9,16,20H,10H2,1-3H3. The van der Waals surface area contributed by atoms with Crippen molar-refractivity contribution in [1.82, 2.24) is 5.32 Å². The molecule has 0 fully saturated rings. The van der Waals surface area contributed by atoms with E-state index in [1.807, 2.05) is 51.2 Å². The molecule has 3 heteroatoms. The Bertz CT molecular complexity index is 587. The number of nitrogens with one attached hydrogen (secondary N) is 1. The Morgan fingerprint density at radius 1 is 1.20 bits per heavy atom. The van der Waals surface area contributed by atoms with Gasteiger partial charge in [-0.05, 0) is 62.2 Å². The number of benzene rings is 2. The average Bonchev–Trinajstić information content (AvgIpc) is 2.36. The topological polar surface area (TPSA) is 12.0 Å². The minimum atomic E-state index is -0.149. The minimum Gasteiger partial charge on any atom is -0.313 e. The average molecular weight is 292 g/mol. The van der Waals surface area contributed by atoms with Gasteiger partial charge < -0.3 is 5.32 Å². The van der Waals surface area contributed by atoms with Gasteiger partial charge in [0.15, 0.2) is 0 Å². The lowest BCUT2D eigenvalue weighted by Gasteiger charge is -2.20. The van der Waals surface area contributed by atoms with Crippen LogP contribution in [0.3, 0.4) is 0 Å². The first kappa shape index (κ1) is 15.0. The molecule has 0 heterocycles. The molecule has 1 atom stereocenters. The third kappa shape index (κ3) is 3.38. The lowest BCUT2D eigenvalue weighted by molar-refractivity contribution is 0.530. The molecule has 106 valence electrons. The van der Waals surface area contributed by atoms with Crippen LogP contribution in [0, 0.1) is 19.7 Å². The predicted molar refractivity (Wildman–Crippen MR) is 82.8 cm³/mol. The molecule has 20 heavy (non-hydrogen) atoms. The molecule has 1 N–H and O–H groups in total. The van der Waals surface area contributed by atoms with Gasteiger partial charge in [-0.2, -0.15) is 0 Å². The smallest absolute Gasteiger partial charge is 0.128 e. The highest BCUT2D eigenvalue weighted by molar-refractivity contribution is 6.30. The van der Waals surface area contributed by atoms with Gasteiger partial charge in [0, 0.05) is 16.6 Å². The summed E-state index contributed by atoms with van der Waals surface area (Å²) in [4.78, 5) is 0. The van der Waals surface area contributed by atoms with Gasteiger partial charge >= 0.3 is 0 Å². The molecule has 0 saturated carbocycles. The van der Waals surface area contributed by atoms with Crippen LogP contribution in [-0.2, 0) is 6.42 Å². The molecule has 0 bridgehead atoms. The maximum absolute atomic E-state index is 14.3. The second-order valence-corrected chi connectivity index (χ2v) is 5.59. The fourth-order valence-electron chi connectivity index (χ4n) is 2.62. The van der Waals surface area contributed by atoms with Crippen LogP contribution in [0.5, 0.6) is 0 Å². The van der Waals surface area contributed by atoms with Gasteiger partial charge in [-0.1, -0.05) is 29.8 Å². The van der Waals surface area contributed by atoms with E-state index in [4.69, 9.17) is 11.6 Å². The Morgan fingerprint density at radius 3 is 2.55 bits per heavy atom. The van der Waals surface area contributed by atoms with Gasteiger partial charge in [0.2, 0.25) is 0 Å². The molecule has 0 spiro atoms. The minimum absolute atomic E-state index is 0.0610. The summed E-state index contributed by atoms with van der Waals surface area (Å²) < 4.78 is 14.3. The SMILES string of the molecule is CNC(Cc1cccc(Cl)c1)c1c(C)cc(C)cc1F. The first-order valence-electron chi connectivity index (χ1n) is 6.69. The van der Waals surface area contributed by atoms with Crippen molar-refractivity contribution >= 4 is 11.6 Å². The maximum atomic E-state index is 14.3.